The van der Waals surface area contributed by atoms with Crippen molar-refractivity contribution in [3.63, 3.8) is 0 Å². The minimum atomic E-state index is -0.310. The number of likely N-dealkylation sites (tertiary alicyclic amines) is 1. The van der Waals surface area contributed by atoms with Gasteiger partial charge in [0.25, 0.3) is 5.91 Å². The monoisotopic (exact) mass is 412 g/mol. The fourth-order valence-electron chi connectivity index (χ4n) is 3.66. The molecule has 0 aliphatic carbocycles. The fraction of sp³-hybridized carbons (Fsp3) is 0.286. The number of aromatic nitrogens is 3. The number of ether oxygens (including phenoxy) is 1. The normalized spacial score (nSPS) is 16.6. The van der Waals surface area contributed by atoms with Crippen LogP contribution in [0.4, 0.5) is 0 Å². The zero-order valence-electron chi connectivity index (χ0n) is 16.0. The van der Waals surface area contributed by atoms with Crippen molar-refractivity contribution in [3.8, 4) is 11.4 Å². The van der Waals surface area contributed by atoms with Gasteiger partial charge in [-0.3, -0.25) is 9.78 Å². The molecule has 0 bridgehead atoms. The highest BCUT2D eigenvalue weighted by Gasteiger charge is 2.29. The van der Waals surface area contributed by atoms with Crippen LogP contribution in [0.25, 0.3) is 5.69 Å². The van der Waals surface area contributed by atoms with Gasteiger partial charge in [0.1, 0.15) is 11.6 Å². The van der Waals surface area contributed by atoms with Crippen molar-refractivity contribution in [1.82, 2.24) is 19.7 Å². The number of hydrogen-bond acceptors (Lipinski definition) is 4. The summed E-state index contributed by atoms with van der Waals surface area (Å²) < 4.78 is 6.65. The van der Waals surface area contributed by atoms with E-state index in [9.17, 15) is 9.59 Å². The number of benzene rings is 2. The molecule has 3 aromatic rings. The van der Waals surface area contributed by atoms with E-state index in [4.69, 9.17) is 16.3 Å². The summed E-state index contributed by atoms with van der Waals surface area (Å²) in [7, 11) is 1.55. The highest BCUT2D eigenvalue weighted by atomic mass is 35.5. The van der Waals surface area contributed by atoms with Crippen molar-refractivity contribution >= 4 is 17.5 Å². The van der Waals surface area contributed by atoms with Crippen LogP contribution in [0.3, 0.4) is 0 Å². The second-order valence-electron chi connectivity index (χ2n) is 6.99. The maximum atomic E-state index is 13.0. The first kappa shape index (κ1) is 19.3. The van der Waals surface area contributed by atoms with Gasteiger partial charge >= 0.3 is 5.69 Å². The van der Waals surface area contributed by atoms with Crippen LogP contribution in [-0.4, -0.2) is 45.8 Å². The van der Waals surface area contributed by atoms with E-state index in [1.54, 1.807) is 48.4 Å². The van der Waals surface area contributed by atoms with E-state index >= 15 is 0 Å². The molecule has 1 aliphatic heterocycles. The highest BCUT2D eigenvalue weighted by Crippen LogP contribution is 2.27. The van der Waals surface area contributed by atoms with Crippen LogP contribution in [0.15, 0.2) is 53.3 Å². The molecule has 1 atom stereocenters. The molecule has 1 aromatic heterocycles. The summed E-state index contributed by atoms with van der Waals surface area (Å²) in [5.74, 6) is 1.03. The van der Waals surface area contributed by atoms with Crippen molar-refractivity contribution in [2.45, 2.75) is 18.8 Å². The quantitative estimate of drug-likeness (QED) is 0.713. The smallest absolute Gasteiger partial charge is 0.348 e. The third kappa shape index (κ3) is 3.91. The Labute approximate surface area is 172 Å². The summed E-state index contributed by atoms with van der Waals surface area (Å²) in [6, 6.07) is 14.1. The Kier molecular flexibility index (Phi) is 5.40. The molecule has 1 saturated heterocycles. The molecular weight excluding hydrogens is 392 g/mol. The molecule has 1 aliphatic rings. The SMILES string of the molecule is COc1ccccc1C(=O)N1CCCC(c2nn(-c3ccc(Cl)cc3)c(=O)[nH]2)C1. The first-order valence-corrected chi connectivity index (χ1v) is 9.82. The van der Waals surface area contributed by atoms with Crippen LogP contribution < -0.4 is 10.4 Å². The third-order valence-corrected chi connectivity index (χ3v) is 5.39. The number of amides is 1. The van der Waals surface area contributed by atoms with Crippen molar-refractivity contribution in [1.29, 1.82) is 0 Å². The molecule has 1 unspecified atom stereocenters. The zero-order valence-corrected chi connectivity index (χ0v) is 16.7. The van der Waals surface area contributed by atoms with Gasteiger partial charge in [0.15, 0.2) is 0 Å². The Bertz CT molecular complexity index is 1070. The number of piperidine rings is 1. The lowest BCUT2D eigenvalue weighted by molar-refractivity contribution is 0.0701. The van der Waals surface area contributed by atoms with Crippen LogP contribution in [-0.2, 0) is 0 Å². The van der Waals surface area contributed by atoms with Crippen molar-refractivity contribution in [2.75, 3.05) is 20.2 Å². The van der Waals surface area contributed by atoms with Gasteiger partial charge < -0.3 is 9.64 Å². The minimum absolute atomic E-state index is 0.0383. The number of H-pyrrole nitrogens is 1. The molecular formula is C21H21ClN4O3. The van der Waals surface area contributed by atoms with Gasteiger partial charge in [-0.1, -0.05) is 23.7 Å². The number of nitrogens with zero attached hydrogens (tertiary/aromatic N) is 3. The number of carbonyl (C=O) groups excluding carboxylic acids is 1. The van der Waals surface area contributed by atoms with E-state index in [1.807, 2.05) is 12.1 Å². The lowest BCUT2D eigenvalue weighted by Gasteiger charge is -2.32. The highest BCUT2D eigenvalue weighted by molar-refractivity contribution is 6.30. The maximum Gasteiger partial charge on any atom is 0.348 e. The predicted molar refractivity (Wildman–Crippen MR) is 110 cm³/mol. The number of para-hydroxylation sites is 1. The van der Waals surface area contributed by atoms with E-state index in [2.05, 4.69) is 10.1 Å². The van der Waals surface area contributed by atoms with E-state index < -0.39 is 0 Å². The Morgan fingerprint density at radius 3 is 2.72 bits per heavy atom. The van der Waals surface area contributed by atoms with Crippen LogP contribution in [0.1, 0.15) is 34.9 Å². The summed E-state index contributed by atoms with van der Waals surface area (Å²) >= 11 is 5.92. The number of nitrogens with one attached hydrogen (secondary N) is 1. The van der Waals surface area contributed by atoms with Crippen LogP contribution in [0.2, 0.25) is 5.02 Å². The number of methoxy groups -OCH3 is 1. The van der Waals surface area contributed by atoms with Gasteiger partial charge in [0, 0.05) is 24.0 Å². The molecule has 150 valence electrons. The lowest BCUT2D eigenvalue weighted by atomic mass is 9.96. The molecule has 4 rings (SSSR count). The number of rotatable bonds is 4. The second-order valence-corrected chi connectivity index (χ2v) is 7.43. The van der Waals surface area contributed by atoms with Gasteiger partial charge in [-0.2, -0.15) is 4.68 Å². The summed E-state index contributed by atoms with van der Waals surface area (Å²) in [6.45, 7) is 1.15. The van der Waals surface area contributed by atoms with Crippen LogP contribution >= 0.6 is 11.6 Å². The molecule has 1 N–H and O–H groups in total. The summed E-state index contributed by atoms with van der Waals surface area (Å²) in [6.07, 6.45) is 1.69. The van der Waals surface area contributed by atoms with Gasteiger partial charge in [0.2, 0.25) is 0 Å². The van der Waals surface area contributed by atoms with Crippen LogP contribution in [0.5, 0.6) is 5.75 Å². The molecule has 2 aromatic carbocycles. The van der Waals surface area contributed by atoms with Crippen molar-refractivity contribution < 1.29 is 9.53 Å². The molecule has 0 radical (unpaired) electrons. The predicted octanol–water partition coefficient (Wildman–Crippen LogP) is 3.24. The molecule has 1 fully saturated rings. The van der Waals surface area contributed by atoms with Crippen LogP contribution in [0, 0.1) is 0 Å². The average molecular weight is 413 g/mol. The number of halogens is 1. The second kappa shape index (κ2) is 8.13. The van der Waals surface area contributed by atoms with Crippen molar-refractivity contribution in [2.24, 2.45) is 0 Å². The Hall–Kier alpha value is -3.06. The summed E-state index contributed by atoms with van der Waals surface area (Å²) in [5, 5.41) is 5.07. The molecule has 8 heteroatoms. The van der Waals surface area contributed by atoms with E-state index in [-0.39, 0.29) is 17.5 Å². The summed E-state index contributed by atoms with van der Waals surface area (Å²) in [4.78, 5) is 30.1. The zero-order chi connectivity index (χ0) is 20.4. The van der Waals surface area contributed by atoms with E-state index in [0.29, 0.717) is 40.9 Å². The van der Waals surface area contributed by atoms with Gasteiger partial charge in [-0.05, 0) is 49.2 Å². The Morgan fingerprint density at radius 1 is 1.21 bits per heavy atom. The average Bonchev–Trinajstić information content (AvgIpc) is 3.15. The number of hydrogen-bond donors (Lipinski definition) is 1. The molecule has 1 amide bonds. The largest absolute Gasteiger partial charge is 0.496 e. The summed E-state index contributed by atoms with van der Waals surface area (Å²) in [5.41, 5.74) is 0.867. The fourth-order valence-corrected chi connectivity index (χ4v) is 3.78. The first-order chi connectivity index (χ1) is 14.1. The number of aromatic amines is 1. The topological polar surface area (TPSA) is 80.2 Å². The van der Waals surface area contributed by atoms with E-state index in [1.165, 1.54) is 4.68 Å². The molecule has 2 heterocycles. The van der Waals surface area contributed by atoms with E-state index in [0.717, 1.165) is 12.8 Å². The number of carbonyl (C=O) groups is 1. The third-order valence-electron chi connectivity index (χ3n) is 5.14. The molecule has 7 nitrogen and oxygen atoms in total. The molecule has 0 spiro atoms. The Balaban J connectivity index is 1.56. The molecule has 0 saturated carbocycles. The van der Waals surface area contributed by atoms with Gasteiger partial charge in [-0.15, -0.1) is 5.10 Å². The van der Waals surface area contributed by atoms with Crippen molar-refractivity contribution in [3.05, 3.63) is 75.4 Å². The van der Waals surface area contributed by atoms with Gasteiger partial charge in [0.05, 0.1) is 18.4 Å². The lowest BCUT2D eigenvalue weighted by Crippen LogP contribution is -2.39. The standard InChI is InChI=1S/C21H21ClN4O3/c1-29-18-7-3-2-6-17(18)20(27)25-12-4-5-14(13-25)19-23-21(28)26(24-19)16-10-8-15(22)9-11-16/h2-3,6-11,14H,4-5,12-13H2,1H3,(H,23,24,28). The minimum Gasteiger partial charge on any atom is -0.496 e. The van der Waals surface area contributed by atoms with Gasteiger partial charge in [-0.25, -0.2) is 4.79 Å². The molecule has 29 heavy (non-hydrogen) atoms. The Morgan fingerprint density at radius 2 is 1.97 bits per heavy atom. The maximum absolute atomic E-state index is 13.0. The first-order valence-electron chi connectivity index (χ1n) is 9.44.